The van der Waals surface area contributed by atoms with Crippen LogP contribution in [-0.2, 0) is 11.3 Å². The minimum Gasteiger partial charge on any atom is -0.379 e. The van der Waals surface area contributed by atoms with Crippen molar-refractivity contribution in [2.45, 2.75) is 19.0 Å². The maximum atomic E-state index is 5.47. The first-order valence-electron chi connectivity index (χ1n) is 8.67. The molecule has 1 saturated heterocycles. The predicted molar refractivity (Wildman–Crippen MR) is 95.7 cm³/mol. The number of allylic oxidation sites excluding steroid dienone is 4. The molecule has 4 nitrogen and oxygen atoms in total. The van der Waals surface area contributed by atoms with E-state index in [1.54, 1.807) is 0 Å². The summed E-state index contributed by atoms with van der Waals surface area (Å²) in [5.41, 5.74) is 3.59. The molecule has 1 aromatic carbocycles. The molecule has 1 aliphatic carbocycles. The number of benzene rings is 1. The van der Waals surface area contributed by atoms with Gasteiger partial charge in [-0.25, -0.2) is 0 Å². The van der Waals surface area contributed by atoms with Crippen LogP contribution in [0.4, 0.5) is 0 Å². The highest BCUT2D eigenvalue weighted by molar-refractivity contribution is 5.62. The lowest BCUT2D eigenvalue weighted by Gasteiger charge is -2.26. The van der Waals surface area contributed by atoms with Gasteiger partial charge in [-0.15, -0.1) is 0 Å². The first-order chi connectivity index (χ1) is 11.9. The van der Waals surface area contributed by atoms with Crippen LogP contribution >= 0.6 is 0 Å². The first kappa shape index (κ1) is 15.4. The highest BCUT2D eigenvalue weighted by atomic mass is 16.5. The van der Waals surface area contributed by atoms with E-state index in [1.807, 2.05) is 0 Å². The standard InChI is InChI=1S/C20H23N3O/c1-3-7-17(8-4-1)20-18(15-22-11-13-24-14-12-22)16-23(21-20)19-9-5-2-6-10-19/h1-9,16,19H,10-15H2. The van der Waals surface area contributed by atoms with Crippen molar-refractivity contribution >= 4 is 0 Å². The Morgan fingerprint density at radius 2 is 1.92 bits per heavy atom. The van der Waals surface area contributed by atoms with E-state index in [0.29, 0.717) is 6.04 Å². The molecule has 2 aromatic rings. The number of aromatic nitrogens is 2. The highest BCUT2D eigenvalue weighted by Crippen LogP contribution is 2.27. The molecule has 0 amide bonds. The van der Waals surface area contributed by atoms with Gasteiger partial charge in [0.1, 0.15) is 0 Å². The molecule has 4 rings (SSSR count). The van der Waals surface area contributed by atoms with Gasteiger partial charge < -0.3 is 4.74 Å². The summed E-state index contributed by atoms with van der Waals surface area (Å²) in [4.78, 5) is 2.45. The molecule has 1 atom stereocenters. The normalized spacial score (nSPS) is 21.2. The molecular formula is C20H23N3O. The summed E-state index contributed by atoms with van der Waals surface area (Å²) in [6.45, 7) is 4.56. The van der Waals surface area contributed by atoms with Gasteiger partial charge in [-0.1, -0.05) is 54.6 Å². The SMILES string of the molecule is C1=CCC(n2cc(CN3CCOCC3)c(-c3ccccc3)n2)C=C1. The van der Waals surface area contributed by atoms with E-state index in [2.05, 4.69) is 70.4 Å². The maximum Gasteiger partial charge on any atom is 0.0968 e. The zero-order valence-electron chi connectivity index (χ0n) is 13.8. The molecule has 2 heterocycles. The second kappa shape index (κ2) is 7.16. The number of hydrogen-bond donors (Lipinski definition) is 0. The van der Waals surface area contributed by atoms with Crippen LogP contribution in [0.1, 0.15) is 18.0 Å². The van der Waals surface area contributed by atoms with E-state index in [4.69, 9.17) is 9.84 Å². The van der Waals surface area contributed by atoms with Gasteiger partial charge in [0, 0.05) is 37.0 Å². The lowest BCUT2D eigenvalue weighted by Crippen LogP contribution is -2.35. The Kier molecular flexibility index (Phi) is 4.58. The number of ether oxygens (including phenoxy) is 1. The van der Waals surface area contributed by atoms with Gasteiger partial charge in [0.15, 0.2) is 0 Å². The van der Waals surface area contributed by atoms with Crippen LogP contribution in [0.3, 0.4) is 0 Å². The predicted octanol–water partition coefficient (Wildman–Crippen LogP) is 3.44. The second-order valence-electron chi connectivity index (χ2n) is 6.35. The van der Waals surface area contributed by atoms with Crippen LogP contribution in [0.15, 0.2) is 60.8 Å². The topological polar surface area (TPSA) is 30.3 Å². The molecule has 2 aliphatic rings. The summed E-state index contributed by atoms with van der Waals surface area (Å²) < 4.78 is 7.60. The zero-order valence-corrected chi connectivity index (χ0v) is 13.8. The first-order valence-corrected chi connectivity index (χ1v) is 8.67. The van der Waals surface area contributed by atoms with Crippen molar-refractivity contribution in [3.05, 3.63) is 66.4 Å². The second-order valence-corrected chi connectivity index (χ2v) is 6.35. The van der Waals surface area contributed by atoms with Crippen molar-refractivity contribution in [2.75, 3.05) is 26.3 Å². The molecular weight excluding hydrogens is 298 g/mol. The largest absolute Gasteiger partial charge is 0.379 e. The van der Waals surface area contributed by atoms with Gasteiger partial charge >= 0.3 is 0 Å². The van der Waals surface area contributed by atoms with Crippen LogP contribution < -0.4 is 0 Å². The lowest BCUT2D eigenvalue weighted by atomic mass is 10.1. The van der Waals surface area contributed by atoms with Crippen molar-refractivity contribution in [3.8, 4) is 11.3 Å². The summed E-state index contributed by atoms with van der Waals surface area (Å²) in [6, 6.07) is 10.8. The number of nitrogens with zero attached hydrogens (tertiary/aromatic N) is 3. The zero-order chi connectivity index (χ0) is 16.2. The van der Waals surface area contributed by atoms with E-state index in [0.717, 1.165) is 45.0 Å². The van der Waals surface area contributed by atoms with Crippen molar-refractivity contribution in [1.29, 1.82) is 0 Å². The van der Waals surface area contributed by atoms with Gasteiger partial charge in [-0.05, 0) is 6.42 Å². The van der Waals surface area contributed by atoms with Crippen LogP contribution in [0.2, 0.25) is 0 Å². The highest BCUT2D eigenvalue weighted by Gasteiger charge is 2.19. The van der Waals surface area contributed by atoms with Crippen LogP contribution in [0.25, 0.3) is 11.3 Å². The fraction of sp³-hybridized carbons (Fsp3) is 0.350. The van der Waals surface area contributed by atoms with Gasteiger partial charge in [0.25, 0.3) is 0 Å². The van der Waals surface area contributed by atoms with E-state index in [-0.39, 0.29) is 0 Å². The van der Waals surface area contributed by atoms with E-state index in [9.17, 15) is 0 Å². The Morgan fingerprint density at radius 3 is 2.67 bits per heavy atom. The van der Waals surface area contributed by atoms with Crippen molar-refractivity contribution in [1.82, 2.24) is 14.7 Å². The van der Waals surface area contributed by atoms with Crippen LogP contribution in [-0.4, -0.2) is 41.0 Å². The molecule has 0 saturated carbocycles. The van der Waals surface area contributed by atoms with Crippen molar-refractivity contribution in [3.63, 3.8) is 0 Å². The summed E-state index contributed by atoms with van der Waals surface area (Å²) in [5.74, 6) is 0. The fourth-order valence-electron chi connectivity index (χ4n) is 3.32. The van der Waals surface area contributed by atoms with E-state index < -0.39 is 0 Å². The fourth-order valence-corrected chi connectivity index (χ4v) is 3.32. The Labute approximate surface area is 143 Å². The summed E-state index contributed by atoms with van der Waals surface area (Å²) >= 11 is 0. The third-order valence-electron chi connectivity index (χ3n) is 4.65. The Balaban J connectivity index is 1.65. The minimum atomic E-state index is 0.316. The molecule has 1 fully saturated rings. The van der Waals surface area contributed by atoms with Gasteiger partial charge in [0.2, 0.25) is 0 Å². The molecule has 0 bridgehead atoms. The third-order valence-corrected chi connectivity index (χ3v) is 4.65. The van der Waals surface area contributed by atoms with Crippen molar-refractivity contribution in [2.24, 2.45) is 0 Å². The monoisotopic (exact) mass is 321 g/mol. The molecule has 1 aromatic heterocycles. The number of rotatable bonds is 4. The number of morpholine rings is 1. The smallest absolute Gasteiger partial charge is 0.0968 e. The quantitative estimate of drug-likeness (QED) is 0.864. The Bertz CT molecular complexity index is 727. The summed E-state index contributed by atoms with van der Waals surface area (Å²) in [5, 5.41) is 4.94. The molecule has 1 unspecified atom stereocenters. The van der Waals surface area contributed by atoms with Gasteiger partial charge in [0.05, 0.1) is 24.9 Å². The maximum absolute atomic E-state index is 5.47. The lowest BCUT2D eigenvalue weighted by molar-refractivity contribution is 0.0342. The van der Waals surface area contributed by atoms with Gasteiger partial charge in [-0.3, -0.25) is 9.58 Å². The molecule has 24 heavy (non-hydrogen) atoms. The molecule has 1 aliphatic heterocycles. The van der Waals surface area contributed by atoms with Crippen LogP contribution in [0, 0.1) is 0 Å². The van der Waals surface area contributed by atoms with E-state index in [1.165, 1.54) is 11.1 Å². The summed E-state index contributed by atoms with van der Waals surface area (Å²) in [7, 11) is 0. The molecule has 0 radical (unpaired) electrons. The average molecular weight is 321 g/mol. The average Bonchev–Trinajstić information content (AvgIpc) is 3.08. The molecule has 124 valence electrons. The number of hydrogen-bond acceptors (Lipinski definition) is 3. The molecule has 0 spiro atoms. The van der Waals surface area contributed by atoms with Crippen LogP contribution in [0.5, 0.6) is 0 Å². The molecule has 4 heteroatoms. The Morgan fingerprint density at radius 1 is 1.08 bits per heavy atom. The Hall–Kier alpha value is -2.17. The van der Waals surface area contributed by atoms with Gasteiger partial charge in [-0.2, -0.15) is 5.10 Å². The van der Waals surface area contributed by atoms with Crippen molar-refractivity contribution < 1.29 is 4.74 Å². The third kappa shape index (κ3) is 3.35. The summed E-state index contributed by atoms with van der Waals surface area (Å²) in [6.07, 6.45) is 11.9. The minimum absolute atomic E-state index is 0.316. The molecule has 0 N–H and O–H groups in total. The van der Waals surface area contributed by atoms with E-state index >= 15 is 0 Å².